The normalized spacial score (nSPS) is 7.23. The van der Waals surface area contributed by atoms with E-state index >= 15 is 0 Å². The summed E-state index contributed by atoms with van der Waals surface area (Å²) in [5.74, 6) is -0.211. The largest absolute Gasteiger partial charge is 0.466 e. The number of hydrogen-bond acceptors (Lipinski definition) is 4. The Morgan fingerprint density at radius 2 is 1.54 bits per heavy atom. The SMILES string of the molecule is CCCO.CCO.CCOC(C)=O. The van der Waals surface area contributed by atoms with E-state index in [9.17, 15) is 4.79 Å². The molecule has 0 spiro atoms. The maximum atomic E-state index is 9.82. The Bertz CT molecular complexity index is 81.7. The molecule has 0 unspecified atom stereocenters. The van der Waals surface area contributed by atoms with E-state index in [2.05, 4.69) is 4.74 Å². The van der Waals surface area contributed by atoms with Crippen molar-refractivity contribution in [3.8, 4) is 0 Å². The average molecular weight is 194 g/mol. The van der Waals surface area contributed by atoms with Crippen molar-refractivity contribution < 1.29 is 19.7 Å². The van der Waals surface area contributed by atoms with Crippen LogP contribution in [-0.4, -0.2) is 36.0 Å². The molecule has 82 valence electrons. The van der Waals surface area contributed by atoms with E-state index in [0.29, 0.717) is 13.2 Å². The number of carbonyl (C=O) groups is 1. The summed E-state index contributed by atoms with van der Waals surface area (Å²) < 4.78 is 4.40. The summed E-state index contributed by atoms with van der Waals surface area (Å²) in [5.41, 5.74) is 0. The minimum atomic E-state index is -0.211. The van der Waals surface area contributed by atoms with E-state index in [0.717, 1.165) is 6.42 Å². The van der Waals surface area contributed by atoms with Gasteiger partial charge in [0.05, 0.1) is 6.61 Å². The first-order valence-electron chi connectivity index (χ1n) is 4.45. The van der Waals surface area contributed by atoms with Crippen LogP contribution in [0.1, 0.15) is 34.1 Å². The highest BCUT2D eigenvalue weighted by Gasteiger charge is 1.81. The number of aliphatic hydroxyl groups excluding tert-OH is 2. The van der Waals surface area contributed by atoms with Crippen LogP contribution in [0, 0.1) is 0 Å². The summed E-state index contributed by atoms with van der Waals surface area (Å²) >= 11 is 0. The lowest BCUT2D eigenvalue weighted by Crippen LogP contribution is -1.95. The van der Waals surface area contributed by atoms with Crippen molar-refractivity contribution in [3.63, 3.8) is 0 Å². The van der Waals surface area contributed by atoms with Gasteiger partial charge in [0.2, 0.25) is 0 Å². The second kappa shape index (κ2) is 22.5. The van der Waals surface area contributed by atoms with Crippen LogP contribution in [0.15, 0.2) is 0 Å². The lowest BCUT2D eigenvalue weighted by molar-refractivity contribution is -0.140. The molecular weight excluding hydrogens is 172 g/mol. The molecule has 0 radical (unpaired) electrons. The highest BCUT2D eigenvalue weighted by molar-refractivity contribution is 5.65. The molecule has 0 rings (SSSR count). The monoisotopic (exact) mass is 194 g/mol. The molecule has 0 amide bonds. The predicted molar refractivity (Wildman–Crippen MR) is 52.4 cm³/mol. The molecule has 13 heavy (non-hydrogen) atoms. The van der Waals surface area contributed by atoms with Crippen LogP contribution >= 0.6 is 0 Å². The number of hydrogen-bond donors (Lipinski definition) is 2. The molecule has 0 fully saturated rings. The van der Waals surface area contributed by atoms with E-state index in [1.165, 1.54) is 6.92 Å². The molecule has 0 saturated heterocycles. The number of ether oxygens (including phenoxy) is 1. The highest BCUT2D eigenvalue weighted by Crippen LogP contribution is 1.69. The van der Waals surface area contributed by atoms with Crippen LogP contribution in [0.5, 0.6) is 0 Å². The van der Waals surface area contributed by atoms with Gasteiger partial charge in [-0.15, -0.1) is 0 Å². The maximum Gasteiger partial charge on any atom is 0.302 e. The topological polar surface area (TPSA) is 66.8 Å². The summed E-state index contributed by atoms with van der Waals surface area (Å²) in [6.45, 7) is 7.83. The predicted octanol–water partition coefficient (Wildman–Crippen LogP) is 0.957. The van der Waals surface area contributed by atoms with Gasteiger partial charge in [-0.05, 0) is 20.3 Å². The van der Waals surface area contributed by atoms with Gasteiger partial charge in [-0.2, -0.15) is 0 Å². The molecule has 4 nitrogen and oxygen atoms in total. The molecule has 0 saturated carbocycles. The Balaban J connectivity index is -0.000000125. The first kappa shape index (κ1) is 18.2. The van der Waals surface area contributed by atoms with E-state index in [1.54, 1.807) is 13.8 Å². The van der Waals surface area contributed by atoms with Gasteiger partial charge in [-0.1, -0.05) is 6.92 Å². The molecule has 0 aromatic heterocycles. The first-order valence-corrected chi connectivity index (χ1v) is 4.45. The summed E-state index contributed by atoms with van der Waals surface area (Å²) in [6.07, 6.45) is 0.875. The minimum absolute atomic E-state index is 0.211. The zero-order valence-electron chi connectivity index (χ0n) is 9.04. The van der Waals surface area contributed by atoms with Gasteiger partial charge in [-0.3, -0.25) is 4.79 Å². The van der Waals surface area contributed by atoms with Gasteiger partial charge in [0.15, 0.2) is 0 Å². The third-order valence-corrected chi connectivity index (χ3v) is 0.571. The van der Waals surface area contributed by atoms with Crippen molar-refractivity contribution in [3.05, 3.63) is 0 Å². The van der Waals surface area contributed by atoms with Crippen LogP contribution in [0.4, 0.5) is 0 Å². The van der Waals surface area contributed by atoms with Gasteiger partial charge < -0.3 is 14.9 Å². The van der Waals surface area contributed by atoms with E-state index in [1.807, 2.05) is 6.92 Å². The Hall–Kier alpha value is -0.610. The summed E-state index contributed by atoms with van der Waals surface area (Å²) in [6, 6.07) is 0. The van der Waals surface area contributed by atoms with Crippen molar-refractivity contribution in [1.29, 1.82) is 0 Å². The third kappa shape index (κ3) is 87.4. The molecule has 0 aliphatic carbocycles. The van der Waals surface area contributed by atoms with E-state index in [-0.39, 0.29) is 12.6 Å². The Morgan fingerprint density at radius 3 is 1.54 bits per heavy atom. The Labute approximate surface area is 80.5 Å². The molecular formula is C9H22O4. The fraction of sp³-hybridized carbons (Fsp3) is 0.889. The molecule has 0 heterocycles. The van der Waals surface area contributed by atoms with Crippen LogP contribution in [0.3, 0.4) is 0 Å². The number of carbonyl (C=O) groups excluding carboxylic acids is 1. The maximum absolute atomic E-state index is 9.82. The highest BCUT2D eigenvalue weighted by atomic mass is 16.5. The van der Waals surface area contributed by atoms with Crippen molar-refractivity contribution in [2.75, 3.05) is 19.8 Å². The Kier molecular flexibility index (Phi) is 31.6. The van der Waals surface area contributed by atoms with Crippen LogP contribution in [0.25, 0.3) is 0 Å². The van der Waals surface area contributed by atoms with Crippen molar-refractivity contribution in [2.24, 2.45) is 0 Å². The van der Waals surface area contributed by atoms with Crippen LogP contribution in [-0.2, 0) is 9.53 Å². The van der Waals surface area contributed by atoms with Gasteiger partial charge in [0, 0.05) is 20.1 Å². The molecule has 2 N–H and O–H groups in total. The minimum Gasteiger partial charge on any atom is -0.466 e. The molecule has 0 atom stereocenters. The second-order valence-electron chi connectivity index (χ2n) is 1.96. The number of rotatable bonds is 2. The van der Waals surface area contributed by atoms with Crippen molar-refractivity contribution in [2.45, 2.75) is 34.1 Å². The zero-order chi connectivity index (χ0) is 11.1. The lowest BCUT2D eigenvalue weighted by Gasteiger charge is -1.89. The smallest absolute Gasteiger partial charge is 0.302 e. The fourth-order valence-corrected chi connectivity index (χ4v) is 0.203. The van der Waals surface area contributed by atoms with Gasteiger partial charge in [0.1, 0.15) is 0 Å². The lowest BCUT2D eigenvalue weighted by atomic mass is 10.5. The average Bonchev–Trinajstić information content (AvgIpc) is 2.06. The third-order valence-electron chi connectivity index (χ3n) is 0.571. The molecule has 0 aliphatic rings. The second-order valence-corrected chi connectivity index (χ2v) is 1.96. The van der Waals surface area contributed by atoms with Crippen molar-refractivity contribution in [1.82, 2.24) is 0 Å². The summed E-state index contributed by atoms with van der Waals surface area (Å²) in [4.78, 5) is 9.82. The zero-order valence-corrected chi connectivity index (χ0v) is 9.04. The van der Waals surface area contributed by atoms with Gasteiger partial charge >= 0.3 is 5.97 Å². The fourth-order valence-electron chi connectivity index (χ4n) is 0.203. The van der Waals surface area contributed by atoms with Gasteiger partial charge in [0.25, 0.3) is 0 Å². The standard InChI is InChI=1S/C4H8O2.C3H8O.C2H6O/c1-3-6-4(2)5;1-2-3-4;1-2-3/h3H2,1-2H3;4H,2-3H2,1H3;3H,2H2,1H3. The first-order chi connectivity index (χ1) is 6.10. The Morgan fingerprint density at radius 1 is 1.23 bits per heavy atom. The molecule has 0 aromatic carbocycles. The van der Waals surface area contributed by atoms with E-state index in [4.69, 9.17) is 10.2 Å². The molecule has 0 aliphatic heterocycles. The summed E-state index contributed by atoms with van der Waals surface area (Å²) in [7, 11) is 0. The van der Waals surface area contributed by atoms with Crippen LogP contribution < -0.4 is 0 Å². The summed E-state index contributed by atoms with van der Waals surface area (Å²) in [5, 5.41) is 15.4. The quantitative estimate of drug-likeness (QED) is 0.642. The molecule has 0 aromatic rings. The van der Waals surface area contributed by atoms with Crippen LogP contribution in [0.2, 0.25) is 0 Å². The number of esters is 1. The van der Waals surface area contributed by atoms with E-state index < -0.39 is 0 Å². The molecule has 0 bridgehead atoms. The number of aliphatic hydroxyl groups is 2. The molecule has 4 heteroatoms. The van der Waals surface area contributed by atoms with Gasteiger partial charge in [-0.25, -0.2) is 0 Å². The van der Waals surface area contributed by atoms with Crippen molar-refractivity contribution >= 4 is 5.97 Å².